The zero-order valence-corrected chi connectivity index (χ0v) is 12.4. The number of nitrogens with zero attached hydrogens (tertiary/aromatic N) is 1. The second kappa shape index (κ2) is 7.42. The predicted molar refractivity (Wildman–Crippen MR) is 87.4 cm³/mol. The third-order valence-corrected chi connectivity index (χ3v) is 2.95. The number of isothiocyanates is 1. The van der Waals surface area contributed by atoms with Gasteiger partial charge in [-0.1, -0.05) is 30.0 Å². The van der Waals surface area contributed by atoms with Crippen molar-refractivity contribution in [3.8, 4) is 11.8 Å². The molecule has 0 aliphatic carbocycles. The molecule has 0 saturated carbocycles. The highest BCUT2D eigenvalue weighted by Crippen LogP contribution is 2.23. The van der Waals surface area contributed by atoms with Crippen molar-refractivity contribution < 1.29 is 8.78 Å². The molecule has 2 aromatic carbocycles. The number of benzene rings is 2. The van der Waals surface area contributed by atoms with Crippen LogP contribution in [0.15, 0.2) is 54.0 Å². The SMILES string of the molecule is C=CCc1ccc(C#Cc2cc(F)c(N=C=S)c(F)c2)cc1. The van der Waals surface area contributed by atoms with Crippen LogP contribution >= 0.6 is 12.2 Å². The van der Waals surface area contributed by atoms with Crippen LogP contribution in [-0.4, -0.2) is 5.16 Å². The first-order valence-electron chi connectivity index (χ1n) is 6.43. The normalized spacial score (nSPS) is 9.36. The van der Waals surface area contributed by atoms with Crippen molar-refractivity contribution >= 4 is 23.1 Å². The van der Waals surface area contributed by atoms with Gasteiger partial charge in [-0.15, -0.1) is 6.58 Å². The molecule has 0 heterocycles. The van der Waals surface area contributed by atoms with E-state index in [9.17, 15) is 8.78 Å². The van der Waals surface area contributed by atoms with Crippen LogP contribution in [0.25, 0.3) is 0 Å². The van der Waals surface area contributed by atoms with E-state index in [0.29, 0.717) is 0 Å². The summed E-state index contributed by atoms with van der Waals surface area (Å²) in [5.41, 5.74) is 1.66. The Hall–Kier alpha value is -2.60. The maximum Gasteiger partial charge on any atom is 0.153 e. The summed E-state index contributed by atoms with van der Waals surface area (Å²) in [6.07, 6.45) is 2.60. The summed E-state index contributed by atoms with van der Waals surface area (Å²) in [6.45, 7) is 3.67. The van der Waals surface area contributed by atoms with Crippen LogP contribution in [0.2, 0.25) is 0 Å². The van der Waals surface area contributed by atoms with Gasteiger partial charge in [-0.05, 0) is 48.5 Å². The molecule has 0 aromatic heterocycles. The fourth-order valence-electron chi connectivity index (χ4n) is 1.83. The number of rotatable bonds is 3. The lowest BCUT2D eigenvalue weighted by Gasteiger charge is -1.99. The van der Waals surface area contributed by atoms with E-state index in [0.717, 1.165) is 29.7 Å². The van der Waals surface area contributed by atoms with Crippen molar-refractivity contribution in [2.45, 2.75) is 6.42 Å². The fourth-order valence-corrected chi connectivity index (χ4v) is 1.92. The van der Waals surface area contributed by atoms with Gasteiger partial charge in [-0.25, -0.2) is 8.78 Å². The molecule has 4 heteroatoms. The molecular weight excluding hydrogens is 300 g/mol. The van der Waals surface area contributed by atoms with Crippen LogP contribution in [0, 0.1) is 23.5 Å². The third kappa shape index (κ3) is 3.95. The van der Waals surface area contributed by atoms with Crippen molar-refractivity contribution in [1.29, 1.82) is 0 Å². The van der Waals surface area contributed by atoms with E-state index in [-0.39, 0.29) is 5.56 Å². The molecule has 0 amide bonds. The van der Waals surface area contributed by atoms with Crippen molar-refractivity contribution in [2.75, 3.05) is 0 Å². The molecule has 0 spiro atoms. The summed E-state index contributed by atoms with van der Waals surface area (Å²) in [7, 11) is 0. The van der Waals surface area contributed by atoms with Crippen molar-refractivity contribution in [2.24, 2.45) is 4.99 Å². The maximum atomic E-state index is 13.7. The predicted octanol–water partition coefficient (Wildman–Crippen LogP) is 4.83. The van der Waals surface area contributed by atoms with E-state index >= 15 is 0 Å². The zero-order chi connectivity index (χ0) is 15.9. The molecule has 22 heavy (non-hydrogen) atoms. The van der Waals surface area contributed by atoms with Crippen LogP contribution < -0.4 is 0 Å². The minimum atomic E-state index is -0.817. The van der Waals surface area contributed by atoms with Crippen molar-refractivity contribution in [3.05, 3.63) is 77.4 Å². The second-order valence-corrected chi connectivity index (χ2v) is 4.61. The second-order valence-electron chi connectivity index (χ2n) is 4.43. The first-order valence-corrected chi connectivity index (χ1v) is 6.83. The van der Waals surface area contributed by atoms with Gasteiger partial charge in [0.15, 0.2) is 11.6 Å². The molecular formula is C18H11F2NS. The highest BCUT2D eigenvalue weighted by atomic mass is 32.1. The van der Waals surface area contributed by atoms with E-state index in [1.54, 1.807) is 0 Å². The molecule has 0 aliphatic heterocycles. The lowest BCUT2D eigenvalue weighted by molar-refractivity contribution is 0.587. The van der Waals surface area contributed by atoms with Gasteiger partial charge in [-0.3, -0.25) is 0 Å². The van der Waals surface area contributed by atoms with Gasteiger partial charge in [0.05, 0.1) is 5.16 Å². The number of thiocarbonyl (C=S) groups is 1. The molecule has 2 aromatic rings. The van der Waals surface area contributed by atoms with E-state index in [1.807, 2.05) is 35.5 Å². The summed E-state index contributed by atoms with van der Waals surface area (Å²) in [5.74, 6) is 3.95. The fraction of sp³-hybridized carbons (Fsp3) is 0.0556. The molecule has 0 saturated heterocycles. The van der Waals surface area contributed by atoms with Crippen molar-refractivity contribution in [3.63, 3.8) is 0 Å². The average Bonchev–Trinajstić information content (AvgIpc) is 2.50. The molecule has 0 aliphatic rings. The quantitative estimate of drug-likeness (QED) is 0.342. The average molecular weight is 311 g/mol. The van der Waals surface area contributed by atoms with Crippen LogP contribution in [0.3, 0.4) is 0 Å². The molecule has 2 rings (SSSR count). The Labute approximate surface area is 133 Å². The van der Waals surface area contributed by atoms with Gasteiger partial charge in [-0.2, -0.15) is 4.99 Å². The van der Waals surface area contributed by atoms with Gasteiger partial charge >= 0.3 is 0 Å². The third-order valence-electron chi connectivity index (χ3n) is 2.86. The summed E-state index contributed by atoms with van der Waals surface area (Å²) in [6, 6.07) is 9.81. The Morgan fingerprint density at radius 3 is 2.18 bits per heavy atom. The molecule has 0 fully saturated rings. The Morgan fingerprint density at radius 2 is 1.64 bits per heavy atom. The number of allylic oxidation sites excluding steroid dienone is 1. The highest BCUT2D eigenvalue weighted by molar-refractivity contribution is 7.78. The van der Waals surface area contributed by atoms with Crippen molar-refractivity contribution in [1.82, 2.24) is 0 Å². The first kappa shape index (κ1) is 15.8. The Balaban J connectivity index is 2.28. The van der Waals surface area contributed by atoms with Gasteiger partial charge in [0.25, 0.3) is 0 Å². The van der Waals surface area contributed by atoms with Crippen LogP contribution in [0.4, 0.5) is 14.5 Å². The Bertz CT molecular complexity index is 784. The number of hydrogen-bond donors (Lipinski definition) is 0. The van der Waals surface area contributed by atoms with Gasteiger partial charge in [0.2, 0.25) is 0 Å². The minimum Gasteiger partial charge on any atom is -0.204 e. The van der Waals surface area contributed by atoms with E-state index in [4.69, 9.17) is 0 Å². The number of hydrogen-bond acceptors (Lipinski definition) is 2. The monoisotopic (exact) mass is 311 g/mol. The zero-order valence-electron chi connectivity index (χ0n) is 11.6. The molecule has 108 valence electrons. The van der Waals surface area contributed by atoms with Crippen LogP contribution in [0.1, 0.15) is 16.7 Å². The lowest BCUT2D eigenvalue weighted by Crippen LogP contribution is -1.86. The summed E-state index contributed by atoms with van der Waals surface area (Å²) in [4.78, 5) is 3.35. The maximum absolute atomic E-state index is 13.7. The first-order chi connectivity index (χ1) is 10.6. The summed E-state index contributed by atoms with van der Waals surface area (Å²) < 4.78 is 27.3. The largest absolute Gasteiger partial charge is 0.204 e. The highest BCUT2D eigenvalue weighted by Gasteiger charge is 2.09. The topological polar surface area (TPSA) is 12.4 Å². The Morgan fingerprint density at radius 1 is 1.05 bits per heavy atom. The van der Waals surface area contributed by atoms with E-state index in [1.165, 1.54) is 0 Å². The number of aliphatic imine (C=N–C) groups is 1. The number of halogens is 2. The van der Waals surface area contributed by atoms with Gasteiger partial charge in [0, 0.05) is 11.1 Å². The standard InChI is InChI=1S/C18H11F2NS/c1-2-3-13-4-6-14(7-5-13)8-9-15-10-16(19)18(21-12-22)17(20)11-15/h2,4-7,10-11H,1,3H2. The van der Waals surface area contributed by atoms with Gasteiger partial charge in [0.1, 0.15) is 5.69 Å². The molecule has 0 N–H and O–H groups in total. The molecule has 0 bridgehead atoms. The lowest BCUT2D eigenvalue weighted by atomic mass is 10.1. The van der Waals surface area contributed by atoms with Gasteiger partial charge < -0.3 is 0 Å². The molecule has 0 atom stereocenters. The Kier molecular flexibility index (Phi) is 5.32. The van der Waals surface area contributed by atoms with Crippen LogP contribution in [-0.2, 0) is 6.42 Å². The van der Waals surface area contributed by atoms with E-state index in [2.05, 4.69) is 35.6 Å². The van der Waals surface area contributed by atoms with E-state index < -0.39 is 17.3 Å². The summed E-state index contributed by atoms with van der Waals surface area (Å²) >= 11 is 4.35. The molecule has 0 radical (unpaired) electrons. The minimum absolute atomic E-state index is 0.230. The molecule has 1 nitrogen and oxygen atoms in total. The van der Waals surface area contributed by atoms with Crippen LogP contribution in [0.5, 0.6) is 0 Å². The smallest absolute Gasteiger partial charge is 0.153 e. The summed E-state index contributed by atoms with van der Waals surface area (Å²) in [5, 5.41) is 1.94. The molecule has 0 unspecified atom stereocenters.